The molecule has 0 spiro atoms. The molecule has 0 saturated heterocycles. The molecule has 0 atom stereocenters. The minimum Gasteiger partial charge on any atom is -0.454 e. The van der Waals surface area contributed by atoms with Crippen LogP contribution in [0.2, 0.25) is 0 Å². The number of carbonyl (C=O) groups is 1. The molecule has 0 unspecified atom stereocenters. The van der Waals surface area contributed by atoms with Gasteiger partial charge in [0.05, 0.1) is 0 Å². The zero-order valence-corrected chi connectivity index (χ0v) is 10.6. The third kappa shape index (κ3) is 2.03. The van der Waals surface area contributed by atoms with Crippen LogP contribution in [0.3, 0.4) is 0 Å². The first-order valence-corrected chi connectivity index (χ1v) is 5.82. The number of carbonyl (C=O) groups excluding carboxylic acids is 1. The minimum absolute atomic E-state index is 0.152. The summed E-state index contributed by atoms with van der Waals surface area (Å²) in [4.78, 5) is 12.1. The number of nitriles is 1. The maximum Gasteiger partial charge on any atom is 0.257 e. The van der Waals surface area contributed by atoms with E-state index in [0.717, 1.165) is 0 Å². The second-order valence-electron chi connectivity index (χ2n) is 4.20. The second kappa shape index (κ2) is 4.59. The van der Waals surface area contributed by atoms with Gasteiger partial charge in [0.15, 0.2) is 17.3 Å². The third-order valence-corrected chi connectivity index (χ3v) is 2.82. The van der Waals surface area contributed by atoms with Gasteiger partial charge in [0.25, 0.3) is 5.91 Å². The van der Waals surface area contributed by atoms with Crippen LogP contribution in [0.4, 0.5) is 5.82 Å². The van der Waals surface area contributed by atoms with Crippen molar-refractivity contribution >= 4 is 11.7 Å². The van der Waals surface area contributed by atoms with E-state index >= 15 is 0 Å². The van der Waals surface area contributed by atoms with Crippen molar-refractivity contribution in [2.75, 3.05) is 12.1 Å². The number of anilines is 1. The predicted octanol–water partition coefficient (Wildman–Crippen LogP) is 1.27. The van der Waals surface area contributed by atoms with E-state index in [1.54, 1.807) is 25.2 Å². The molecule has 0 bridgehead atoms. The normalized spacial score (nSPS) is 12.0. The molecule has 2 heterocycles. The average Bonchev–Trinajstić information content (AvgIpc) is 3.03. The SMILES string of the molecule is Cn1cc(C#N)c(NC(=O)c2ccc3c(c2)OCO3)n1. The molecule has 0 fully saturated rings. The summed E-state index contributed by atoms with van der Waals surface area (Å²) in [5, 5.41) is 15.6. The molecule has 7 nitrogen and oxygen atoms in total. The van der Waals surface area contributed by atoms with Crippen LogP contribution in [-0.2, 0) is 7.05 Å². The van der Waals surface area contributed by atoms with Gasteiger partial charge >= 0.3 is 0 Å². The molecule has 1 aliphatic heterocycles. The number of rotatable bonds is 2. The monoisotopic (exact) mass is 270 g/mol. The number of hydrogen-bond donors (Lipinski definition) is 1. The molecule has 0 aliphatic carbocycles. The van der Waals surface area contributed by atoms with Crippen LogP contribution < -0.4 is 14.8 Å². The van der Waals surface area contributed by atoms with E-state index in [1.807, 2.05) is 6.07 Å². The number of aromatic nitrogens is 2. The van der Waals surface area contributed by atoms with Gasteiger partial charge in [-0.15, -0.1) is 0 Å². The first-order valence-electron chi connectivity index (χ1n) is 5.82. The Morgan fingerprint density at radius 2 is 2.25 bits per heavy atom. The molecule has 20 heavy (non-hydrogen) atoms. The molecule has 1 aromatic heterocycles. The molecule has 0 radical (unpaired) electrons. The molecule has 100 valence electrons. The van der Waals surface area contributed by atoms with Crippen molar-refractivity contribution in [2.45, 2.75) is 0 Å². The quantitative estimate of drug-likeness (QED) is 0.887. The Balaban J connectivity index is 1.84. The Kier molecular flexibility index (Phi) is 2.76. The molecule has 0 saturated carbocycles. The summed E-state index contributed by atoms with van der Waals surface area (Å²) in [5.41, 5.74) is 0.713. The summed E-state index contributed by atoms with van der Waals surface area (Å²) in [5.74, 6) is 1.01. The first-order chi connectivity index (χ1) is 9.67. The van der Waals surface area contributed by atoms with Crippen LogP contribution in [-0.4, -0.2) is 22.5 Å². The molecule has 1 aromatic carbocycles. The van der Waals surface area contributed by atoms with Crippen molar-refractivity contribution in [3.63, 3.8) is 0 Å². The van der Waals surface area contributed by atoms with Crippen LogP contribution in [0.15, 0.2) is 24.4 Å². The van der Waals surface area contributed by atoms with Crippen LogP contribution in [0.25, 0.3) is 0 Å². The molecular formula is C13H10N4O3. The maximum absolute atomic E-state index is 12.1. The topological polar surface area (TPSA) is 89.2 Å². The number of amides is 1. The van der Waals surface area contributed by atoms with Gasteiger partial charge in [-0.25, -0.2) is 0 Å². The molecule has 7 heteroatoms. The third-order valence-electron chi connectivity index (χ3n) is 2.82. The largest absolute Gasteiger partial charge is 0.454 e. The second-order valence-corrected chi connectivity index (χ2v) is 4.20. The Hall–Kier alpha value is -3.01. The van der Waals surface area contributed by atoms with Gasteiger partial charge in [-0.2, -0.15) is 10.4 Å². The highest BCUT2D eigenvalue weighted by molar-refractivity contribution is 6.04. The van der Waals surface area contributed by atoms with Crippen LogP contribution in [0.5, 0.6) is 11.5 Å². The summed E-state index contributed by atoms with van der Waals surface area (Å²) < 4.78 is 11.9. The lowest BCUT2D eigenvalue weighted by Crippen LogP contribution is -2.13. The fraction of sp³-hybridized carbons (Fsp3) is 0.154. The zero-order chi connectivity index (χ0) is 14.1. The molecule has 3 rings (SSSR count). The number of aryl methyl sites for hydroxylation is 1. The molecule has 1 N–H and O–H groups in total. The van der Waals surface area contributed by atoms with E-state index in [-0.39, 0.29) is 18.5 Å². The van der Waals surface area contributed by atoms with Crippen LogP contribution >= 0.6 is 0 Å². The summed E-state index contributed by atoms with van der Waals surface area (Å²) in [6.45, 7) is 0.152. The Labute approximate surface area is 114 Å². The number of nitrogens with zero attached hydrogens (tertiary/aromatic N) is 3. The summed E-state index contributed by atoms with van der Waals surface area (Å²) in [6, 6.07) is 6.85. The van der Waals surface area contributed by atoms with Crippen molar-refractivity contribution in [1.29, 1.82) is 5.26 Å². The molecule has 1 amide bonds. The van der Waals surface area contributed by atoms with Gasteiger partial charge in [-0.3, -0.25) is 9.48 Å². The van der Waals surface area contributed by atoms with E-state index < -0.39 is 0 Å². The number of benzene rings is 1. The van der Waals surface area contributed by atoms with E-state index in [4.69, 9.17) is 14.7 Å². The van der Waals surface area contributed by atoms with Crippen molar-refractivity contribution in [1.82, 2.24) is 9.78 Å². The van der Waals surface area contributed by atoms with E-state index in [2.05, 4.69) is 10.4 Å². The van der Waals surface area contributed by atoms with Crippen molar-refractivity contribution in [3.05, 3.63) is 35.5 Å². The Bertz CT molecular complexity index is 730. The lowest BCUT2D eigenvalue weighted by molar-refractivity contribution is 0.102. The summed E-state index contributed by atoms with van der Waals surface area (Å²) in [7, 11) is 1.68. The van der Waals surface area contributed by atoms with Crippen molar-refractivity contribution < 1.29 is 14.3 Å². The summed E-state index contributed by atoms with van der Waals surface area (Å²) >= 11 is 0. The standard InChI is InChI=1S/C13H10N4O3/c1-17-6-9(5-14)12(16-17)15-13(18)8-2-3-10-11(4-8)20-7-19-10/h2-4,6H,7H2,1H3,(H,15,16,18). The fourth-order valence-corrected chi connectivity index (χ4v) is 1.88. The van der Waals surface area contributed by atoms with Gasteiger partial charge < -0.3 is 14.8 Å². The van der Waals surface area contributed by atoms with Crippen LogP contribution in [0, 0.1) is 11.3 Å². The average molecular weight is 270 g/mol. The van der Waals surface area contributed by atoms with Gasteiger partial charge in [0, 0.05) is 18.8 Å². The lowest BCUT2D eigenvalue weighted by Gasteiger charge is -2.03. The van der Waals surface area contributed by atoms with Gasteiger partial charge in [0.1, 0.15) is 11.6 Å². The molecule has 2 aromatic rings. The minimum atomic E-state index is -0.362. The number of ether oxygens (including phenoxy) is 2. The predicted molar refractivity (Wildman–Crippen MR) is 68.4 cm³/mol. The van der Waals surface area contributed by atoms with Gasteiger partial charge in [-0.05, 0) is 18.2 Å². The van der Waals surface area contributed by atoms with Gasteiger partial charge in [0.2, 0.25) is 6.79 Å². The first kappa shape index (κ1) is 12.0. The maximum atomic E-state index is 12.1. The van der Waals surface area contributed by atoms with Crippen molar-refractivity contribution in [3.8, 4) is 17.6 Å². The Morgan fingerprint density at radius 3 is 3.05 bits per heavy atom. The fourth-order valence-electron chi connectivity index (χ4n) is 1.88. The van der Waals surface area contributed by atoms with E-state index in [1.165, 1.54) is 10.9 Å². The van der Waals surface area contributed by atoms with E-state index in [0.29, 0.717) is 22.6 Å². The number of hydrogen-bond acceptors (Lipinski definition) is 5. The van der Waals surface area contributed by atoms with E-state index in [9.17, 15) is 4.79 Å². The highest BCUT2D eigenvalue weighted by atomic mass is 16.7. The number of nitrogens with one attached hydrogen (secondary N) is 1. The molecular weight excluding hydrogens is 260 g/mol. The number of fused-ring (bicyclic) bond motifs is 1. The highest BCUT2D eigenvalue weighted by Gasteiger charge is 2.17. The smallest absolute Gasteiger partial charge is 0.257 e. The molecule has 1 aliphatic rings. The van der Waals surface area contributed by atoms with Crippen LogP contribution in [0.1, 0.15) is 15.9 Å². The van der Waals surface area contributed by atoms with Crippen molar-refractivity contribution in [2.24, 2.45) is 7.05 Å². The Morgan fingerprint density at radius 1 is 1.45 bits per heavy atom. The highest BCUT2D eigenvalue weighted by Crippen LogP contribution is 2.32. The zero-order valence-electron chi connectivity index (χ0n) is 10.6. The van der Waals surface area contributed by atoms with Gasteiger partial charge in [-0.1, -0.05) is 0 Å². The summed E-state index contributed by atoms with van der Waals surface area (Å²) in [6.07, 6.45) is 1.54. The lowest BCUT2D eigenvalue weighted by atomic mass is 10.2.